The van der Waals surface area contributed by atoms with Gasteiger partial charge in [-0.3, -0.25) is 4.68 Å². The topological polar surface area (TPSA) is 33.1 Å². The summed E-state index contributed by atoms with van der Waals surface area (Å²) in [6, 6.07) is 1.25. The molecule has 1 aromatic rings. The van der Waals surface area contributed by atoms with Crippen molar-refractivity contribution in [1.29, 1.82) is 0 Å². The van der Waals surface area contributed by atoms with Gasteiger partial charge in [0.2, 0.25) is 0 Å². The van der Waals surface area contributed by atoms with Crippen LogP contribution >= 0.6 is 0 Å². The first-order chi connectivity index (χ1) is 8.15. The SMILES string of the molecule is Cc1nn(C)cc1N1CC(C2CC2)NCC1C. The van der Waals surface area contributed by atoms with Crippen molar-refractivity contribution in [2.75, 3.05) is 18.0 Å². The highest BCUT2D eigenvalue weighted by molar-refractivity contribution is 5.50. The molecule has 1 saturated carbocycles. The van der Waals surface area contributed by atoms with Crippen LogP contribution in [-0.2, 0) is 7.05 Å². The minimum atomic E-state index is 0.563. The van der Waals surface area contributed by atoms with E-state index >= 15 is 0 Å². The Morgan fingerprint density at radius 1 is 1.41 bits per heavy atom. The summed E-state index contributed by atoms with van der Waals surface area (Å²) < 4.78 is 1.92. The maximum absolute atomic E-state index is 4.46. The molecule has 0 amide bonds. The number of nitrogens with one attached hydrogen (secondary N) is 1. The van der Waals surface area contributed by atoms with Gasteiger partial charge < -0.3 is 10.2 Å². The molecule has 17 heavy (non-hydrogen) atoms. The minimum absolute atomic E-state index is 0.563. The quantitative estimate of drug-likeness (QED) is 0.837. The molecule has 0 bridgehead atoms. The molecule has 3 rings (SSSR count). The Morgan fingerprint density at radius 2 is 2.18 bits per heavy atom. The van der Waals surface area contributed by atoms with Crippen LogP contribution < -0.4 is 10.2 Å². The van der Waals surface area contributed by atoms with Gasteiger partial charge in [0, 0.05) is 38.4 Å². The van der Waals surface area contributed by atoms with Crippen LogP contribution in [0.2, 0.25) is 0 Å². The number of piperazine rings is 1. The molecule has 94 valence electrons. The molecule has 0 aromatic carbocycles. The van der Waals surface area contributed by atoms with E-state index in [1.807, 2.05) is 11.7 Å². The van der Waals surface area contributed by atoms with Crippen molar-refractivity contribution in [2.45, 2.75) is 38.8 Å². The summed E-state index contributed by atoms with van der Waals surface area (Å²) in [6.07, 6.45) is 4.97. The first-order valence-corrected chi connectivity index (χ1v) is 6.65. The van der Waals surface area contributed by atoms with E-state index in [1.165, 1.54) is 18.5 Å². The smallest absolute Gasteiger partial charge is 0.0827 e. The van der Waals surface area contributed by atoms with Crippen molar-refractivity contribution in [3.63, 3.8) is 0 Å². The summed E-state index contributed by atoms with van der Waals surface area (Å²) in [5.41, 5.74) is 2.46. The van der Waals surface area contributed by atoms with E-state index < -0.39 is 0 Å². The highest BCUT2D eigenvalue weighted by Gasteiger charge is 2.36. The van der Waals surface area contributed by atoms with Gasteiger partial charge in [-0.15, -0.1) is 0 Å². The number of aromatic nitrogens is 2. The molecule has 1 saturated heterocycles. The average Bonchev–Trinajstić information content (AvgIpc) is 3.06. The first-order valence-electron chi connectivity index (χ1n) is 6.65. The molecule has 2 aliphatic rings. The fraction of sp³-hybridized carbons (Fsp3) is 0.769. The summed E-state index contributed by atoms with van der Waals surface area (Å²) in [4.78, 5) is 2.53. The van der Waals surface area contributed by atoms with E-state index in [0.717, 1.165) is 24.7 Å². The molecule has 2 atom stereocenters. The number of aryl methyl sites for hydroxylation is 2. The van der Waals surface area contributed by atoms with Crippen LogP contribution in [0.1, 0.15) is 25.5 Å². The van der Waals surface area contributed by atoms with Crippen LogP contribution in [0.25, 0.3) is 0 Å². The standard InChI is InChI=1S/C13H22N4/c1-9-6-14-12(11-4-5-11)7-17(9)13-8-16(3)15-10(13)2/h8-9,11-12,14H,4-7H2,1-3H3. The Labute approximate surface area is 103 Å². The third kappa shape index (κ3) is 2.06. The van der Waals surface area contributed by atoms with Gasteiger partial charge in [-0.25, -0.2) is 0 Å². The fourth-order valence-corrected chi connectivity index (χ4v) is 2.91. The summed E-state index contributed by atoms with van der Waals surface area (Å²) in [7, 11) is 2.00. The predicted octanol–water partition coefficient (Wildman–Crippen LogP) is 1.31. The van der Waals surface area contributed by atoms with E-state index in [-0.39, 0.29) is 0 Å². The third-order valence-electron chi connectivity index (χ3n) is 4.09. The molecular formula is C13H22N4. The molecule has 0 radical (unpaired) electrons. The zero-order chi connectivity index (χ0) is 12.0. The molecule has 0 spiro atoms. The van der Waals surface area contributed by atoms with Crippen LogP contribution in [0.3, 0.4) is 0 Å². The number of nitrogens with zero attached hydrogens (tertiary/aromatic N) is 3. The zero-order valence-corrected chi connectivity index (χ0v) is 11.0. The normalized spacial score (nSPS) is 29.7. The summed E-state index contributed by atoms with van der Waals surface area (Å²) in [5.74, 6) is 0.918. The first kappa shape index (κ1) is 11.1. The predicted molar refractivity (Wildman–Crippen MR) is 69.3 cm³/mol. The van der Waals surface area contributed by atoms with Crippen LogP contribution in [-0.4, -0.2) is 35.0 Å². The zero-order valence-electron chi connectivity index (χ0n) is 11.0. The average molecular weight is 234 g/mol. The second kappa shape index (κ2) is 4.02. The van der Waals surface area contributed by atoms with Crippen molar-refractivity contribution in [3.8, 4) is 0 Å². The van der Waals surface area contributed by atoms with E-state index in [2.05, 4.69) is 35.4 Å². The molecule has 1 N–H and O–H groups in total. The van der Waals surface area contributed by atoms with Crippen molar-refractivity contribution in [2.24, 2.45) is 13.0 Å². The molecule has 2 unspecified atom stereocenters. The Kier molecular flexibility index (Phi) is 2.62. The van der Waals surface area contributed by atoms with Gasteiger partial charge in [0.15, 0.2) is 0 Å². The third-order valence-corrected chi connectivity index (χ3v) is 4.09. The lowest BCUT2D eigenvalue weighted by atomic mass is 10.1. The van der Waals surface area contributed by atoms with Crippen molar-refractivity contribution in [1.82, 2.24) is 15.1 Å². The highest BCUT2D eigenvalue weighted by Crippen LogP contribution is 2.35. The molecular weight excluding hydrogens is 212 g/mol. The van der Waals surface area contributed by atoms with E-state index in [0.29, 0.717) is 12.1 Å². The number of hydrogen-bond donors (Lipinski definition) is 1. The van der Waals surface area contributed by atoms with Crippen LogP contribution in [0, 0.1) is 12.8 Å². The van der Waals surface area contributed by atoms with Crippen molar-refractivity contribution in [3.05, 3.63) is 11.9 Å². The van der Waals surface area contributed by atoms with Crippen LogP contribution in [0.4, 0.5) is 5.69 Å². The van der Waals surface area contributed by atoms with Crippen LogP contribution in [0.5, 0.6) is 0 Å². The van der Waals surface area contributed by atoms with E-state index in [9.17, 15) is 0 Å². The van der Waals surface area contributed by atoms with E-state index in [1.54, 1.807) is 0 Å². The maximum Gasteiger partial charge on any atom is 0.0827 e. The Balaban J connectivity index is 1.81. The van der Waals surface area contributed by atoms with Gasteiger partial charge in [0.05, 0.1) is 11.4 Å². The van der Waals surface area contributed by atoms with Gasteiger partial charge in [0.1, 0.15) is 0 Å². The monoisotopic (exact) mass is 234 g/mol. The molecule has 2 fully saturated rings. The molecule has 4 nitrogen and oxygen atoms in total. The second-order valence-electron chi connectivity index (χ2n) is 5.63. The van der Waals surface area contributed by atoms with Gasteiger partial charge in [-0.1, -0.05) is 0 Å². The van der Waals surface area contributed by atoms with Crippen molar-refractivity contribution < 1.29 is 0 Å². The molecule has 1 aliphatic carbocycles. The maximum atomic E-state index is 4.46. The number of anilines is 1. The molecule has 1 aromatic heterocycles. The second-order valence-corrected chi connectivity index (χ2v) is 5.63. The fourth-order valence-electron chi connectivity index (χ4n) is 2.91. The molecule has 1 aliphatic heterocycles. The van der Waals surface area contributed by atoms with Gasteiger partial charge >= 0.3 is 0 Å². The number of hydrogen-bond acceptors (Lipinski definition) is 3. The van der Waals surface area contributed by atoms with Crippen molar-refractivity contribution >= 4 is 5.69 Å². The van der Waals surface area contributed by atoms with E-state index in [4.69, 9.17) is 0 Å². The Hall–Kier alpha value is -1.03. The lowest BCUT2D eigenvalue weighted by Crippen LogP contribution is -2.56. The largest absolute Gasteiger partial charge is 0.363 e. The Morgan fingerprint density at radius 3 is 2.76 bits per heavy atom. The molecule has 2 heterocycles. The summed E-state index contributed by atoms with van der Waals surface area (Å²) in [5, 5.41) is 8.15. The summed E-state index contributed by atoms with van der Waals surface area (Å²) in [6.45, 7) is 6.63. The molecule has 4 heteroatoms. The van der Waals surface area contributed by atoms with Gasteiger partial charge in [-0.2, -0.15) is 5.10 Å². The number of rotatable bonds is 2. The van der Waals surface area contributed by atoms with Crippen LogP contribution in [0.15, 0.2) is 6.20 Å². The highest BCUT2D eigenvalue weighted by atomic mass is 15.3. The summed E-state index contributed by atoms with van der Waals surface area (Å²) >= 11 is 0. The lowest BCUT2D eigenvalue weighted by molar-refractivity contribution is 0.375. The lowest BCUT2D eigenvalue weighted by Gasteiger charge is -2.40. The van der Waals surface area contributed by atoms with Gasteiger partial charge in [0.25, 0.3) is 0 Å². The Bertz CT molecular complexity index is 408. The van der Waals surface area contributed by atoms with Gasteiger partial charge in [-0.05, 0) is 32.6 Å². The minimum Gasteiger partial charge on any atom is -0.363 e.